The van der Waals surface area contributed by atoms with Crippen molar-refractivity contribution in [3.8, 4) is 5.75 Å². The molecule has 16 heavy (non-hydrogen) atoms. The van der Waals surface area contributed by atoms with Gasteiger partial charge in [0.15, 0.2) is 0 Å². The van der Waals surface area contributed by atoms with Crippen LogP contribution in [0.1, 0.15) is 11.5 Å². The number of benzene rings is 1. The second-order valence-electron chi connectivity index (χ2n) is 3.11. The first kappa shape index (κ1) is 13.3. The molecule has 87 valence electrons. The molecule has 0 heterocycles. The molecular formula is C11H9F3IO. The zero-order chi connectivity index (χ0) is 12.3. The Labute approximate surface area is 105 Å². The van der Waals surface area contributed by atoms with E-state index in [1.54, 1.807) is 12.1 Å². The molecule has 1 nitrogen and oxygen atoms in total. The minimum Gasteiger partial charge on any atom is -0.406 e. The number of alkyl halides is 3. The van der Waals surface area contributed by atoms with Crippen LogP contribution in [0.5, 0.6) is 5.75 Å². The number of ether oxygens (including phenoxy) is 1. The number of allylic oxidation sites excluding steroid dienone is 1. The van der Waals surface area contributed by atoms with Crippen LogP contribution in [0.4, 0.5) is 13.2 Å². The summed E-state index contributed by atoms with van der Waals surface area (Å²) in [7, 11) is 0. The molecule has 1 atom stereocenters. The molecule has 0 aliphatic rings. The first-order valence-corrected chi connectivity index (χ1v) is 5.41. The van der Waals surface area contributed by atoms with Crippen LogP contribution < -0.4 is 4.74 Å². The molecular weight excluding hydrogens is 332 g/mol. The van der Waals surface area contributed by atoms with Crippen LogP contribution in [-0.2, 0) is 0 Å². The Bertz CT molecular complexity index is 387. The SMILES string of the molecule is [CH2]C(C=C)c1cc(I)cc(OC(F)(F)F)c1. The van der Waals surface area contributed by atoms with Gasteiger partial charge in [-0.3, -0.25) is 0 Å². The molecule has 0 aliphatic heterocycles. The Balaban J connectivity index is 3.03. The lowest BCUT2D eigenvalue weighted by molar-refractivity contribution is -0.274. The van der Waals surface area contributed by atoms with Crippen LogP contribution >= 0.6 is 22.6 Å². The highest BCUT2D eigenvalue weighted by Gasteiger charge is 2.31. The normalized spacial score (nSPS) is 13.3. The zero-order valence-electron chi connectivity index (χ0n) is 8.22. The van der Waals surface area contributed by atoms with E-state index in [9.17, 15) is 13.2 Å². The van der Waals surface area contributed by atoms with Gasteiger partial charge in [-0.25, -0.2) is 0 Å². The summed E-state index contributed by atoms with van der Waals surface area (Å²) in [4.78, 5) is 0. The van der Waals surface area contributed by atoms with E-state index in [0.717, 1.165) is 0 Å². The minimum atomic E-state index is -4.67. The van der Waals surface area contributed by atoms with Gasteiger partial charge < -0.3 is 4.74 Å². The summed E-state index contributed by atoms with van der Waals surface area (Å²) >= 11 is 1.92. The van der Waals surface area contributed by atoms with E-state index in [1.807, 2.05) is 22.6 Å². The van der Waals surface area contributed by atoms with E-state index < -0.39 is 6.36 Å². The van der Waals surface area contributed by atoms with Gasteiger partial charge in [-0.2, -0.15) is 0 Å². The summed E-state index contributed by atoms with van der Waals surface area (Å²) in [5.74, 6) is -0.491. The predicted molar refractivity (Wildman–Crippen MR) is 64.1 cm³/mol. The molecule has 1 aromatic carbocycles. The highest BCUT2D eigenvalue weighted by molar-refractivity contribution is 14.1. The molecule has 0 spiro atoms. The molecule has 1 unspecified atom stereocenters. The van der Waals surface area contributed by atoms with Gasteiger partial charge >= 0.3 is 6.36 Å². The second kappa shape index (κ2) is 5.07. The maximum absolute atomic E-state index is 12.0. The molecule has 1 rings (SSSR count). The third kappa shape index (κ3) is 4.03. The average molecular weight is 341 g/mol. The minimum absolute atomic E-state index is 0.232. The van der Waals surface area contributed by atoms with E-state index in [2.05, 4.69) is 18.2 Å². The summed E-state index contributed by atoms with van der Waals surface area (Å²) in [5.41, 5.74) is 0.640. The lowest BCUT2D eigenvalue weighted by atomic mass is 10.0. The number of hydrogen-bond donors (Lipinski definition) is 0. The molecule has 0 bridgehead atoms. The molecule has 0 aromatic heterocycles. The lowest BCUT2D eigenvalue weighted by Crippen LogP contribution is -2.17. The van der Waals surface area contributed by atoms with Crippen LogP contribution in [0.3, 0.4) is 0 Å². The Kier molecular flexibility index (Phi) is 4.23. The third-order valence-electron chi connectivity index (χ3n) is 1.84. The standard InChI is InChI=1S/C11H9F3IO/c1-3-7(2)8-4-9(15)6-10(5-8)16-11(12,13)14/h3-7H,1-2H2. The van der Waals surface area contributed by atoms with E-state index >= 15 is 0 Å². The molecule has 0 saturated heterocycles. The molecule has 5 heteroatoms. The Hall–Kier alpha value is -0.720. The fraction of sp³-hybridized carbons (Fsp3) is 0.182. The number of rotatable bonds is 3. The Morgan fingerprint density at radius 1 is 1.31 bits per heavy atom. The summed E-state index contributed by atoms with van der Waals surface area (Å²) in [6.45, 7) is 7.29. The Morgan fingerprint density at radius 3 is 2.44 bits per heavy atom. The zero-order valence-corrected chi connectivity index (χ0v) is 10.4. The molecule has 0 fully saturated rings. The van der Waals surface area contributed by atoms with E-state index in [-0.39, 0.29) is 11.7 Å². The van der Waals surface area contributed by atoms with Crippen molar-refractivity contribution >= 4 is 22.6 Å². The van der Waals surface area contributed by atoms with Crippen LogP contribution in [0.25, 0.3) is 0 Å². The van der Waals surface area contributed by atoms with E-state index in [1.165, 1.54) is 12.1 Å². The summed E-state index contributed by atoms with van der Waals surface area (Å²) in [6.07, 6.45) is -3.12. The van der Waals surface area contributed by atoms with Crippen molar-refractivity contribution in [2.45, 2.75) is 12.3 Å². The summed E-state index contributed by atoms with van der Waals surface area (Å²) in [5, 5.41) is 0. The van der Waals surface area contributed by atoms with Crippen molar-refractivity contribution in [2.24, 2.45) is 0 Å². The largest absolute Gasteiger partial charge is 0.573 e. The maximum Gasteiger partial charge on any atom is 0.573 e. The summed E-state index contributed by atoms with van der Waals surface area (Å²) < 4.78 is 40.6. The molecule has 0 aliphatic carbocycles. The van der Waals surface area contributed by atoms with Gasteiger partial charge in [0, 0.05) is 9.49 Å². The van der Waals surface area contributed by atoms with Crippen molar-refractivity contribution in [3.05, 3.63) is 46.9 Å². The monoisotopic (exact) mass is 341 g/mol. The van der Waals surface area contributed by atoms with Gasteiger partial charge in [0.1, 0.15) is 5.75 Å². The van der Waals surface area contributed by atoms with Crippen LogP contribution in [0.15, 0.2) is 30.9 Å². The first-order chi connectivity index (χ1) is 7.31. The van der Waals surface area contributed by atoms with Gasteiger partial charge in [0.2, 0.25) is 0 Å². The molecule has 1 aromatic rings. The van der Waals surface area contributed by atoms with Crippen molar-refractivity contribution < 1.29 is 17.9 Å². The van der Waals surface area contributed by atoms with Crippen LogP contribution in [0.2, 0.25) is 0 Å². The Morgan fingerprint density at radius 2 is 1.94 bits per heavy atom. The number of halogens is 4. The summed E-state index contributed by atoms with van der Waals surface area (Å²) in [6, 6.07) is 4.37. The molecule has 1 radical (unpaired) electrons. The number of hydrogen-bond acceptors (Lipinski definition) is 1. The van der Waals surface area contributed by atoms with Gasteiger partial charge in [-0.15, -0.1) is 19.8 Å². The van der Waals surface area contributed by atoms with Gasteiger partial charge in [0.05, 0.1) is 0 Å². The van der Waals surface area contributed by atoms with Gasteiger partial charge in [0.25, 0.3) is 0 Å². The van der Waals surface area contributed by atoms with Crippen molar-refractivity contribution in [1.82, 2.24) is 0 Å². The van der Waals surface area contributed by atoms with Crippen molar-refractivity contribution in [1.29, 1.82) is 0 Å². The van der Waals surface area contributed by atoms with Crippen LogP contribution in [-0.4, -0.2) is 6.36 Å². The van der Waals surface area contributed by atoms with E-state index in [4.69, 9.17) is 0 Å². The average Bonchev–Trinajstić information content (AvgIpc) is 2.12. The molecule has 0 N–H and O–H groups in total. The second-order valence-corrected chi connectivity index (χ2v) is 4.36. The highest BCUT2D eigenvalue weighted by atomic mass is 127. The van der Waals surface area contributed by atoms with E-state index in [0.29, 0.717) is 9.13 Å². The quantitative estimate of drug-likeness (QED) is 0.589. The fourth-order valence-corrected chi connectivity index (χ4v) is 1.79. The van der Waals surface area contributed by atoms with Crippen LogP contribution in [0, 0.1) is 10.5 Å². The fourth-order valence-electron chi connectivity index (χ4n) is 1.13. The topological polar surface area (TPSA) is 9.23 Å². The lowest BCUT2D eigenvalue weighted by Gasteiger charge is -2.12. The maximum atomic E-state index is 12.0. The smallest absolute Gasteiger partial charge is 0.406 e. The van der Waals surface area contributed by atoms with Crippen molar-refractivity contribution in [2.75, 3.05) is 0 Å². The predicted octanol–water partition coefficient (Wildman–Crippen LogP) is 4.29. The van der Waals surface area contributed by atoms with Crippen molar-refractivity contribution in [3.63, 3.8) is 0 Å². The molecule has 0 saturated carbocycles. The van der Waals surface area contributed by atoms with Gasteiger partial charge in [-0.1, -0.05) is 6.08 Å². The third-order valence-corrected chi connectivity index (χ3v) is 2.46. The first-order valence-electron chi connectivity index (χ1n) is 4.33. The molecule has 0 amide bonds. The van der Waals surface area contributed by atoms with Gasteiger partial charge in [-0.05, 0) is 53.3 Å². The highest BCUT2D eigenvalue weighted by Crippen LogP contribution is 2.28.